The van der Waals surface area contributed by atoms with E-state index in [0.29, 0.717) is 12.3 Å². The molecule has 0 atom stereocenters. The maximum Gasteiger partial charge on any atom is 0.264 e. The number of aromatic nitrogens is 4. The molecule has 0 bridgehead atoms. The number of rotatable bonds is 5. The third kappa shape index (κ3) is 4.04. The zero-order valence-electron chi connectivity index (χ0n) is 20.8. The Labute approximate surface area is 219 Å². The Hall–Kier alpha value is -3.49. The van der Waals surface area contributed by atoms with E-state index in [1.54, 1.807) is 11.3 Å². The topological polar surface area (TPSA) is 58.7 Å². The number of nitrogens with zero attached hydrogens (tertiary/aromatic N) is 6. The molecule has 0 N–H and O–H groups in total. The smallest absolute Gasteiger partial charge is 0.264 e. The minimum atomic E-state index is 0.0705. The van der Waals surface area contributed by atoms with Gasteiger partial charge in [0.25, 0.3) is 5.56 Å². The van der Waals surface area contributed by atoms with E-state index < -0.39 is 0 Å². The average Bonchev–Trinajstić information content (AvgIpc) is 3.54. The van der Waals surface area contributed by atoms with Crippen LogP contribution in [0.15, 0.2) is 65.5 Å². The summed E-state index contributed by atoms with van der Waals surface area (Å²) in [5.41, 5.74) is 3.71. The van der Waals surface area contributed by atoms with Crippen molar-refractivity contribution in [2.24, 2.45) is 0 Å². The summed E-state index contributed by atoms with van der Waals surface area (Å²) in [4.78, 5) is 21.2. The second-order valence-electron chi connectivity index (χ2n) is 10.1. The van der Waals surface area contributed by atoms with E-state index >= 15 is 0 Å². The highest BCUT2D eigenvalue weighted by Gasteiger charge is 2.26. The Morgan fingerprint density at radius 1 is 0.811 bits per heavy atom. The molecular formula is C29H30N6OS. The molecule has 0 amide bonds. The van der Waals surface area contributed by atoms with Crippen molar-refractivity contribution in [3.05, 3.63) is 92.8 Å². The third-order valence-electron chi connectivity index (χ3n) is 7.81. The molecule has 1 aliphatic heterocycles. The van der Waals surface area contributed by atoms with Crippen LogP contribution < -0.4 is 10.5 Å². The maximum absolute atomic E-state index is 13.9. The highest BCUT2D eigenvalue weighted by molar-refractivity contribution is 7.18. The SMILES string of the molecule is O=c1c2c3c(sc2n2c(CN4CCN(c5ccccc5)CC4)nnc2n1Cc1ccccc1)CCCC3. The summed E-state index contributed by atoms with van der Waals surface area (Å²) < 4.78 is 4.02. The Kier molecular flexibility index (Phi) is 5.78. The van der Waals surface area contributed by atoms with Crippen LogP contribution in [0.1, 0.15) is 34.7 Å². The molecule has 4 heterocycles. The van der Waals surface area contributed by atoms with Gasteiger partial charge < -0.3 is 4.90 Å². The van der Waals surface area contributed by atoms with Crippen molar-refractivity contribution in [1.82, 2.24) is 24.1 Å². The van der Waals surface area contributed by atoms with Crippen LogP contribution in [0.25, 0.3) is 16.0 Å². The molecular weight excluding hydrogens is 480 g/mol. The van der Waals surface area contributed by atoms with Gasteiger partial charge in [0.2, 0.25) is 5.78 Å². The molecule has 188 valence electrons. The number of para-hydroxylation sites is 1. The normalized spacial score (nSPS) is 16.5. The molecule has 2 aliphatic rings. The number of hydrogen-bond acceptors (Lipinski definition) is 6. The van der Waals surface area contributed by atoms with Gasteiger partial charge in [-0.1, -0.05) is 48.5 Å². The lowest BCUT2D eigenvalue weighted by Gasteiger charge is -2.35. The van der Waals surface area contributed by atoms with Crippen LogP contribution in [-0.4, -0.2) is 50.2 Å². The highest BCUT2D eigenvalue weighted by atomic mass is 32.1. The predicted molar refractivity (Wildman–Crippen MR) is 149 cm³/mol. The van der Waals surface area contributed by atoms with Crippen LogP contribution in [-0.2, 0) is 25.9 Å². The number of benzene rings is 2. The fourth-order valence-corrected chi connectivity index (χ4v) is 7.26. The highest BCUT2D eigenvalue weighted by Crippen LogP contribution is 2.35. The van der Waals surface area contributed by atoms with Crippen LogP contribution in [0.2, 0.25) is 0 Å². The van der Waals surface area contributed by atoms with Gasteiger partial charge in [-0.2, -0.15) is 0 Å². The quantitative estimate of drug-likeness (QED) is 0.352. The van der Waals surface area contributed by atoms with Gasteiger partial charge in [-0.15, -0.1) is 21.5 Å². The lowest BCUT2D eigenvalue weighted by molar-refractivity contribution is 0.243. The molecule has 0 radical (unpaired) electrons. The Morgan fingerprint density at radius 2 is 1.54 bits per heavy atom. The molecule has 1 saturated heterocycles. The molecule has 0 unspecified atom stereocenters. The predicted octanol–water partition coefficient (Wildman–Crippen LogP) is 4.36. The largest absolute Gasteiger partial charge is 0.369 e. The van der Waals surface area contributed by atoms with Gasteiger partial charge in [-0.3, -0.25) is 18.7 Å². The van der Waals surface area contributed by atoms with E-state index in [4.69, 9.17) is 0 Å². The first-order valence-corrected chi connectivity index (χ1v) is 14.1. The van der Waals surface area contributed by atoms with Gasteiger partial charge in [0.15, 0.2) is 5.82 Å². The van der Waals surface area contributed by atoms with Gasteiger partial charge in [0.1, 0.15) is 4.83 Å². The number of thiophene rings is 1. The second kappa shape index (κ2) is 9.43. The number of fused-ring (bicyclic) bond motifs is 5. The molecule has 0 spiro atoms. The summed E-state index contributed by atoms with van der Waals surface area (Å²) in [6.07, 6.45) is 4.39. The summed E-state index contributed by atoms with van der Waals surface area (Å²) in [5, 5.41) is 10.2. The van der Waals surface area contributed by atoms with Gasteiger partial charge in [0.05, 0.1) is 18.5 Å². The minimum absolute atomic E-state index is 0.0705. The van der Waals surface area contributed by atoms with Crippen LogP contribution in [0, 0.1) is 0 Å². The summed E-state index contributed by atoms with van der Waals surface area (Å²) >= 11 is 1.78. The van der Waals surface area contributed by atoms with E-state index in [1.807, 2.05) is 22.8 Å². The lowest BCUT2D eigenvalue weighted by atomic mass is 9.97. The maximum atomic E-state index is 13.9. The lowest BCUT2D eigenvalue weighted by Crippen LogP contribution is -2.46. The Balaban J connectivity index is 1.28. The van der Waals surface area contributed by atoms with Crippen molar-refractivity contribution in [3.63, 3.8) is 0 Å². The van der Waals surface area contributed by atoms with Crippen molar-refractivity contribution in [2.75, 3.05) is 31.1 Å². The summed E-state index contributed by atoms with van der Waals surface area (Å²) in [5.74, 6) is 1.58. The van der Waals surface area contributed by atoms with Gasteiger partial charge in [-0.05, 0) is 48.9 Å². The second-order valence-corrected chi connectivity index (χ2v) is 11.2. The zero-order chi connectivity index (χ0) is 24.8. The van der Waals surface area contributed by atoms with Crippen LogP contribution in [0.3, 0.4) is 0 Å². The standard InChI is InChI=1S/C29H30N6OS/c36-27-26-23-13-7-8-14-24(23)37-28(26)35-25(30-31-29(35)34(27)19-21-9-3-1-4-10-21)20-32-15-17-33(18-16-32)22-11-5-2-6-12-22/h1-6,9-12H,7-8,13-20H2. The summed E-state index contributed by atoms with van der Waals surface area (Å²) in [6, 6.07) is 20.8. The minimum Gasteiger partial charge on any atom is -0.369 e. The van der Waals surface area contributed by atoms with E-state index in [0.717, 1.165) is 73.6 Å². The number of hydrogen-bond donors (Lipinski definition) is 0. The van der Waals surface area contributed by atoms with Crippen molar-refractivity contribution in [2.45, 2.75) is 38.8 Å². The van der Waals surface area contributed by atoms with E-state index in [-0.39, 0.29) is 5.56 Å². The average molecular weight is 511 g/mol. The first kappa shape index (κ1) is 22.7. The van der Waals surface area contributed by atoms with E-state index in [2.05, 4.69) is 66.9 Å². The number of piperazine rings is 1. The van der Waals surface area contributed by atoms with Crippen molar-refractivity contribution < 1.29 is 0 Å². The molecule has 1 fully saturated rings. The summed E-state index contributed by atoms with van der Waals surface area (Å²) in [6.45, 7) is 5.14. The molecule has 37 heavy (non-hydrogen) atoms. The first-order chi connectivity index (χ1) is 18.3. The fourth-order valence-electron chi connectivity index (χ4n) is 5.86. The fraction of sp³-hybridized carbons (Fsp3) is 0.345. The number of anilines is 1. The molecule has 0 saturated carbocycles. The summed E-state index contributed by atoms with van der Waals surface area (Å²) in [7, 11) is 0. The van der Waals surface area contributed by atoms with Gasteiger partial charge in [0, 0.05) is 36.7 Å². The monoisotopic (exact) mass is 510 g/mol. The van der Waals surface area contributed by atoms with Gasteiger partial charge >= 0.3 is 0 Å². The third-order valence-corrected chi connectivity index (χ3v) is 9.09. The van der Waals surface area contributed by atoms with Crippen LogP contribution in [0.4, 0.5) is 5.69 Å². The molecule has 2 aromatic carbocycles. The van der Waals surface area contributed by atoms with E-state index in [1.165, 1.54) is 22.5 Å². The van der Waals surface area contributed by atoms with Crippen molar-refractivity contribution in [1.29, 1.82) is 0 Å². The van der Waals surface area contributed by atoms with Crippen LogP contribution in [0.5, 0.6) is 0 Å². The van der Waals surface area contributed by atoms with E-state index in [9.17, 15) is 4.79 Å². The molecule has 5 aromatic rings. The number of aryl methyl sites for hydroxylation is 2. The molecule has 7 rings (SSSR count). The van der Waals surface area contributed by atoms with Crippen LogP contribution >= 0.6 is 11.3 Å². The molecule has 1 aliphatic carbocycles. The first-order valence-electron chi connectivity index (χ1n) is 13.2. The Bertz CT molecular complexity index is 1610. The Morgan fingerprint density at radius 3 is 2.32 bits per heavy atom. The zero-order valence-corrected chi connectivity index (χ0v) is 21.7. The van der Waals surface area contributed by atoms with Crippen molar-refractivity contribution >= 4 is 33.0 Å². The molecule has 8 heteroatoms. The molecule has 7 nitrogen and oxygen atoms in total. The van der Waals surface area contributed by atoms with Gasteiger partial charge in [-0.25, -0.2) is 0 Å². The molecule has 3 aromatic heterocycles. The van der Waals surface area contributed by atoms with Crippen molar-refractivity contribution in [3.8, 4) is 0 Å².